The number of unbranched alkanes of at least 4 members (excludes halogenated alkanes) is 1. The van der Waals surface area contributed by atoms with E-state index in [4.69, 9.17) is 16.3 Å². The maximum absolute atomic E-state index is 12.1. The highest BCUT2D eigenvalue weighted by molar-refractivity contribution is 6.31. The number of hydrogen-bond acceptors (Lipinski definition) is 3. The van der Waals surface area contributed by atoms with E-state index < -0.39 is 6.04 Å². The molecule has 0 fully saturated rings. The van der Waals surface area contributed by atoms with Crippen molar-refractivity contribution >= 4 is 34.8 Å². The quantitative estimate of drug-likeness (QED) is 0.460. The Bertz CT molecular complexity index is 663. The van der Waals surface area contributed by atoms with Gasteiger partial charge in [-0.3, -0.25) is 4.79 Å². The number of hydrogen-bond donors (Lipinski definition) is 0. The van der Waals surface area contributed by atoms with Gasteiger partial charge in [-0.1, -0.05) is 24.9 Å². The molecule has 21 heavy (non-hydrogen) atoms. The predicted molar refractivity (Wildman–Crippen MR) is 82.9 cm³/mol. The van der Waals surface area contributed by atoms with E-state index in [0.717, 1.165) is 30.0 Å². The van der Waals surface area contributed by atoms with Gasteiger partial charge in [-0.25, -0.2) is 4.79 Å². The monoisotopic (exact) mass is 307 g/mol. The van der Waals surface area contributed by atoms with E-state index in [0.29, 0.717) is 17.2 Å². The number of carbonyl (C=O) groups is 2. The summed E-state index contributed by atoms with van der Waals surface area (Å²) in [5.41, 5.74) is 1.31. The van der Waals surface area contributed by atoms with Crippen LogP contribution < -0.4 is 0 Å². The maximum atomic E-state index is 12.1. The van der Waals surface area contributed by atoms with Crippen molar-refractivity contribution in [1.82, 2.24) is 4.57 Å². The zero-order valence-corrected chi connectivity index (χ0v) is 12.9. The fourth-order valence-corrected chi connectivity index (χ4v) is 2.39. The lowest BCUT2D eigenvalue weighted by Gasteiger charge is -2.14. The van der Waals surface area contributed by atoms with Crippen LogP contribution >= 0.6 is 11.6 Å². The highest BCUT2D eigenvalue weighted by atomic mass is 35.5. The van der Waals surface area contributed by atoms with Gasteiger partial charge >= 0.3 is 5.97 Å². The molecule has 1 heterocycles. The number of fused-ring (bicyclic) bond motifs is 1. The molecule has 1 aromatic heterocycles. The van der Waals surface area contributed by atoms with Crippen molar-refractivity contribution in [2.45, 2.75) is 32.7 Å². The van der Waals surface area contributed by atoms with E-state index in [1.165, 1.54) is 0 Å². The van der Waals surface area contributed by atoms with Crippen molar-refractivity contribution < 1.29 is 14.3 Å². The first-order chi connectivity index (χ1) is 10.1. The second-order valence-corrected chi connectivity index (χ2v) is 5.40. The van der Waals surface area contributed by atoms with E-state index in [1.807, 2.05) is 6.92 Å². The van der Waals surface area contributed by atoms with Crippen molar-refractivity contribution in [2.75, 3.05) is 6.61 Å². The van der Waals surface area contributed by atoms with Crippen molar-refractivity contribution in [2.24, 2.45) is 0 Å². The maximum Gasteiger partial charge on any atom is 0.328 e. The zero-order valence-electron chi connectivity index (χ0n) is 12.1. The van der Waals surface area contributed by atoms with Crippen LogP contribution in [0, 0.1) is 0 Å². The molecule has 0 aliphatic rings. The Balaban J connectivity index is 2.33. The molecule has 2 aromatic rings. The lowest BCUT2D eigenvalue weighted by atomic mass is 10.2. The molecular formula is C16H18ClNO3. The lowest BCUT2D eigenvalue weighted by Crippen LogP contribution is -2.19. The summed E-state index contributed by atoms with van der Waals surface area (Å²) in [6.45, 7) is 4.22. The van der Waals surface area contributed by atoms with Gasteiger partial charge in [-0.2, -0.15) is 0 Å². The first kappa shape index (κ1) is 15.6. The SMILES string of the molecule is CCCCOC(=O)C(C)n1cc(C=O)c2cc(Cl)ccc21. The minimum absolute atomic E-state index is 0.298. The Morgan fingerprint density at radius 3 is 2.90 bits per heavy atom. The fourth-order valence-electron chi connectivity index (χ4n) is 2.22. The molecule has 0 aliphatic carbocycles. The van der Waals surface area contributed by atoms with Crippen LogP contribution in [-0.4, -0.2) is 23.4 Å². The van der Waals surface area contributed by atoms with Gasteiger partial charge in [0.05, 0.1) is 6.61 Å². The second-order valence-electron chi connectivity index (χ2n) is 4.97. The summed E-state index contributed by atoms with van der Waals surface area (Å²) in [6, 6.07) is 4.79. The molecule has 5 heteroatoms. The number of halogens is 1. The summed E-state index contributed by atoms with van der Waals surface area (Å²) >= 11 is 5.97. The van der Waals surface area contributed by atoms with Crippen LogP contribution in [0.5, 0.6) is 0 Å². The van der Waals surface area contributed by atoms with Gasteiger partial charge in [0.25, 0.3) is 0 Å². The average Bonchev–Trinajstić information content (AvgIpc) is 2.84. The number of nitrogens with zero attached hydrogens (tertiary/aromatic N) is 1. The molecule has 0 spiro atoms. The van der Waals surface area contributed by atoms with Crippen molar-refractivity contribution in [3.63, 3.8) is 0 Å². The Kier molecular flexibility index (Phi) is 5.02. The number of ether oxygens (including phenoxy) is 1. The Labute approximate surface area is 128 Å². The van der Waals surface area contributed by atoms with E-state index in [1.54, 1.807) is 35.9 Å². The molecule has 112 valence electrons. The van der Waals surface area contributed by atoms with Gasteiger partial charge in [0.2, 0.25) is 0 Å². The second kappa shape index (κ2) is 6.76. The standard InChI is InChI=1S/C16H18ClNO3/c1-3-4-7-21-16(20)11(2)18-9-12(10-19)14-8-13(17)5-6-15(14)18/h5-6,8-11H,3-4,7H2,1-2H3. The van der Waals surface area contributed by atoms with Crippen LogP contribution in [0.25, 0.3) is 10.9 Å². The lowest BCUT2D eigenvalue weighted by molar-refractivity contribution is -0.147. The Morgan fingerprint density at radius 1 is 1.48 bits per heavy atom. The summed E-state index contributed by atoms with van der Waals surface area (Å²) in [5.74, 6) is -0.298. The van der Waals surface area contributed by atoms with Crippen LogP contribution in [0.15, 0.2) is 24.4 Å². The van der Waals surface area contributed by atoms with E-state index >= 15 is 0 Å². The van der Waals surface area contributed by atoms with E-state index in [9.17, 15) is 9.59 Å². The fraction of sp³-hybridized carbons (Fsp3) is 0.375. The molecule has 0 bridgehead atoms. The van der Waals surface area contributed by atoms with E-state index in [2.05, 4.69) is 0 Å². The van der Waals surface area contributed by atoms with Crippen LogP contribution in [0.1, 0.15) is 43.1 Å². The molecular weight excluding hydrogens is 290 g/mol. The molecule has 0 aliphatic heterocycles. The molecule has 4 nitrogen and oxygen atoms in total. The average molecular weight is 308 g/mol. The first-order valence-electron chi connectivity index (χ1n) is 7.00. The summed E-state index contributed by atoms with van der Waals surface area (Å²) < 4.78 is 6.99. The van der Waals surface area contributed by atoms with Gasteiger partial charge in [0, 0.05) is 27.7 Å². The Hall–Kier alpha value is -1.81. The molecule has 1 aromatic carbocycles. The summed E-state index contributed by atoms with van der Waals surface area (Å²) in [6.07, 6.45) is 4.26. The van der Waals surface area contributed by atoms with E-state index in [-0.39, 0.29) is 5.97 Å². The minimum Gasteiger partial charge on any atom is -0.464 e. The summed E-state index contributed by atoms with van der Waals surface area (Å²) in [7, 11) is 0. The molecule has 0 saturated carbocycles. The molecule has 0 radical (unpaired) electrons. The van der Waals surface area contributed by atoms with Crippen LogP contribution in [0.4, 0.5) is 0 Å². The first-order valence-corrected chi connectivity index (χ1v) is 7.38. The highest BCUT2D eigenvalue weighted by Gasteiger charge is 2.20. The van der Waals surface area contributed by atoms with Crippen molar-refractivity contribution in [3.05, 3.63) is 35.0 Å². The van der Waals surface area contributed by atoms with Gasteiger partial charge in [0.15, 0.2) is 6.29 Å². The van der Waals surface area contributed by atoms with Crippen molar-refractivity contribution in [3.8, 4) is 0 Å². The largest absolute Gasteiger partial charge is 0.464 e. The van der Waals surface area contributed by atoms with Crippen LogP contribution in [-0.2, 0) is 9.53 Å². The van der Waals surface area contributed by atoms with Gasteiger partial charge < -0.3 is 9.30 Å². The van der Waals surface area contributed by atoms with Crippen LogP contribution in [0.2, 0.25) is 5.02 Å². The van der Waals surface area contributed by atoms with Gasteiger partial charge in [-0.05, 0) is 31.5 Å². The number of aromatic nitrogens is 1. The van der Waals surface area contributed by atoms with Crippen LogP contribution in [0.3, 0.4) is 0 Å². The van der Waals surface area contributed by atoms with Crippen molar-refractivity contribution in [1.29, 1.82) is 0 Å². The number of carbonyl (C=O) groups excluding carboxylic acids is 2. The smallest absolute Gasteiger partial charge is 0.328 e. The normalized spacial score (nSPS) is 12.3. The molecule has 0 N–H and O–H groups in total. The zero-order chi connectivity index (χ0) is 15.4. The molecule has 1 atom stereocenters. The third kappa shape index (κ3) is 3.27. The molecule has 1 unspecified atom stereocenters. The number of aldehydes is 1. The number of benzene rings is 1. The summed E-state index contributed by atoms with van der Waals surface area (Å²) in [5, 5.41) is 1.30. The third-order valence-electron chi connectivity index (χ3n) is 3.45. The topological polar surface area (TPSA) is 48.3 Å². The predicted octanol–water partition coefficient (Wildman–Crippen LogP) is 4.01. The molecule has 0 amide bonds. The summed E-state index contributed by atoms with van der Waals surface area (Å²) in [4.78, 5) is 23.2. The molecule has 2 rings (SSSR count). The Morgan fingerprint density at radius 2 is 2.24 bits per heavy atom. The highest BCUT2D eigenvalue weighted by Crippen LogP contribution is 2.27. The number of rotatable bonds is 6. The number of esters is 1. The van der Waals surface area contributed by atoms with Gasteiger partial charge in [0.1, 0.15) is 6.04 Å². The molecule has 0 saturated heterocycles. The third-order valence-corrected chi connectivity index (χ3v) is 3.69. The minimum atomic E-state index is -0.487. The van der Waals surface area contributed by atoms with Gasteiger partial charge in [-0.15, -0.1) is 0 Å².